The molecule has 0 fully saturated rings. The summed E-state index contributed by atoms with van der Waals surface area (Å²) in [7, 11) is 0. The predicted octanol–water partition coefficient (Wildman–Crippen LogP) is 2.84. The molecule has 0 heterocycles. The van der Waals surface area contributed by atoms with E-state index in [9.17, 15) is 9.90 Å². The summed E-state index contributed by atoms with van der Waals surface area (Å²) in [5.41, 5.74) is -0.490. The van der Waals surface area contributed by atoms with Gasteiger partial charge in [0.15, 0.2) is 0 Å². The van der Waals surface area contributed by atoms with Crippen LogP contribution in [-0.2, 0) is 4.74 Å². The maximum absolute atomic E-state index is 11.3. The standard InChI is InChI=1S/C13H27NO3/c1-5-6-7-8-9-11(15)10-14-12(16)17-13(2,3)4/h11,15H,5-10H2,1-4H3,(H,14,16)/t11-/m1/s1. The van der Waals surface area contributed by atoms with Crippen molar-refractivity contribution in [3.8, 4) is 0 Å². The van der Waals surface area contributed by atoms with E-state index in [1.807, 2.05) is 20.8 Å². The smallest absolute Gasteiger partial charge is 0.407 e. The summed E-state index contributed by atoms with van der Waals surface area (Å²) >= 11 is 0. The van der Waals surface area contributed by atoms with E-state index in [2.05, 4.69) is 12.2 Å². The molecule has 0 saturated carbocycles. The van der Waals surface area contributed by atoms with Gasteiger partial charge in [0.1, 0.15) is 5.60 Å². The minimum absolute atomic E-state index is 0.265. The average molecular weight is 245 g/mol. The number of amides is 1. The molecule has 0 aromatic carbocycles. The van der Waals surface area contributed by atoms with E-state index in [1.165, 1.54) is 12.8 Å². The lowest BCUT2D eigenvalue weighted by Crippen LogP contribution is -2.36. The molecule has 0 radical (unpaired) electrons. The molecule has 1 amide bonds. The summed E-state index contributed by atoms with van der Waals surface area (Å²) in [4.78, 5) is 11.3. The van der Waals surface area contributed by atoms with Crippen LogP contribution < -0.4 is 5.32 Å². The number of alkyl carbamates (subject to hydrolysis) is 1. The molecule has 0 rings (SSSR count). The second-order valence-corrected chi connectivity index (χ2v) is 5.39. The molecule has 0 saturated heterocycles. The van der Waals surface area contributed by atoms with E-state index in [-0.39, 0.29) is 6.54 Å². The van der Waals surface area contributed by atoms with Gasteiger partial charge in [0.25, 0.3) is 0 Å². The number of nitrogens with one attached hydrogen (secondary N) is 1. The molecule has 0 unspecified atom stereocenters. The number of hydrogen-bond acceptors (Lipinski definition) is 3. The highest BCUT2D eigenvalue weighted by Crippen LogP contribution is 2.07. The highest BCUT2D eigenvalue weighted by molar-refractivity contribution is 5.67. The summed E-state index contributed by atoms with van der Waals surface area (Å²) in [5, 5.41) is 12.2. The van der Waals surface area contributed by atoms with Gasteiger partial charge >= 0.3 is 6.09 Å². The van der Waals surface area contributed by atoms with Gasteiger partial charge in [-0.05, 0) is 27.2 Å². The average Bonchev–Trinajstić information content (AvgIpc) is 2.19. The van der Waals surface area contributed by atoms with E-state index in [1.54, 1.807) is 0 Å². The Hall–Kier alpha value is -0.770. The molecule has 1 atom stereocenters. The molecule has 4 nitrogen and oxygen atoms in total. The van der Waals surface area contributed by atoms with Gasteiger partial charge in [0.2, 0.25) is 0 Å². The van der Waals surface area contributed by atoms with Gasteiger partial charge in [-0.15, -0.1) is 0 Å². The molecule has 0 aliphatic rings. The summed E-state index contributed by atoms with van der Waals surface area (Å²) in [5.74, 6) is 0. The summed E-state index contributed by atoms with van der Waals surface area (Å²) < 4.78 is 5.07. The first kappa shape index (κ1) is 16.2. The Morgan fingerprint density at radius 2 is 1.94 bits per heavy atom. The van der Waals surface area contributed by atoms with E-state index < -0.39 is 17.8 Å². The lowest BCUT2D eigenvalue weighted by atomic mass is 10.1. The quantitative estimate of drug-likeness (QED) is 0.678. The third-order valence-electron chi connectivity index (χ3n) is 2.27. The minimum Gasteiger partial charge on any atom is -0.444 e. The van der Waals surface area contributed by atoms with Crippen molar-refractivity contribution in [2.24, 2.45) is 0 Å². The monoisotopic (exact) mass is 245 g/mol. The van der Waals surface area contributed by atoms with Gasteiger partial charge in [-0.1, -0.05) is 32.6 Å². The van der Waals surface area contributed by atoms with Gasteiger partial charge in [-0.2, -0.15) is 0 Å². The Kier molecular flexibility index (Phi) is 7.96. The van der Waals surface area contributed by atoms with Crippen molar-refractivity contribution in [2.75, 3.05) is 6.54 Å². The third-order valence-corrected chi connectivity index (χ3v) is 2.27. The van der Waals surface area contributed by atoms with Crippen LogP contribution in [0.3, 0.4) is 0 Å². The van der Waals surface area contributed by atoms with Crippen LogP contribution in [0.25, 0.3) is 0 Å². The van der Waals surface area contributed by atoms with Crippen LogP contribution in [0.15, 0.2) is 0 Å². The Labute approximate surface area is 105 Å². The first-order valence-corrected chi connectivity index (χ1v) is 6.50. The van der Waals surface area contributed by atoms with Crippen LogP contribution in [0.4, 0.5) is 4.79 Å². The molecule has 2 N–H and O–H groups in total. The number of aliphatic hydroxyl groups is 1. The van der Waals surface area contributed by atoms with Crippen LogP contribution >= 0.6 is 0 Å². The molecule has 102 valence electrons. The normalized spacial score (nSPS) is 13.2. The molecule has 0 aliphatic carbocycles. The van der Waals surface area contributed by atoms with Crippen LogP contribution in [0, 0.1) is 0 Å². The van der Waals surface area contributed by atoms with E-state index >= 15 is 0 Å². The summed E-state index contributed by atoms with van der Waals surface area (Å²) in [6.07, 6.45) is 4.32. The molecule has 0 bridgehead atoms. The number of unbranched alkanes of at least 4 members (excludes halogenated alkanes) is 3. The third kappa shape index (κ3) is 11.5. The number of rotatable bonds is 7. The van der Waals surface area contributed by atoms with Gasteiger partial charge in [-0.25, -0.2) is 4.79 Å². The van der Waals surface area contributed by atoms with Crippen molar-refractivity contribution < 1.29 is 14.6 Å². The number of aliphatic hydroxyl groups excluding tert-OH is 1. The number of carbonyl (C=O) groups is 1. The molecular weight excluding hydrogens is 218 g/mol. The fourth-order valence-corrected chi connectivity index (χ4v) is 1.42. The molecule has 0 aliphatic heterocycles. The van der Waals surface area contributed by atoms with E-state index in [4.69, 9.17) is 4.74 Å². The molecule has 17 heavy (non-hydrogen) atoms. The Balaban J connectivity index is 3.55. The predicted molar refractivity (Wildman–Crippen MR) is 69.0 cm³/mol. The Morgan fingerprint density at radius 3 is 2.47 bits per heavy atom. The second-order valence-electron chi connectivity index (χ2n) is 5.39. The van der Waals surface area contributed by atoms with Crippen molar-refractivity contribution in [3.63, 3.8) is 0 Å². The van der Waals surface area contributed by atoms with E-state index in [0.717, 1.165) is 19.3 Å². The second kappa shape index (κ2) is 8.34. The minimum atomic E-state index is -0.490. The maximum Gasteiger partial charge on any atom is 0.407 e. The zero-order valence-electron chi connectivity index (χ0n) is 11.6. The van der Waals surface area contributed by atoms with Crippen LogP contribution in [0.5, 0.6) is 0 Å². The number of hydrogen-bond donors (Lipinski definition) is 2. The van der Waals surface area contributed by atoms with Crippen molar-refractivity contribution in [3.05, 3.63) is 0 Å². The molecular formula is C13H27NO3. The molecule has 0 spiro atoms. The van der Waals surface area contributed by atoms with Crippen molar-refractivity contribution in [1.82, 2.24) is 5.32 Å². The highest BCUT2D eigenvalue weighted by Gasteiger charge is 2.16. The fourth-order valence-electron chi connectivity index (χ4n) is 1.42. The van der Waals surface area contributed by atoms with Crippen LogP contribution in [0.2, 0.25) is 0 Å². The van der Waals surface area contributed by atoms with Gasteiger partial charge in [0, 0.05) is 6.54 Å². The lowest BCUT2D eigenvalue weighted by molar-refractivity contribution is 0.0487. The van der Waals surface area contributed by atoms with Gasteiger partial charge < -0.3 is 15.2 Å². The van der Waals surface area contributed by atoms with Gasteiger partial charge in [0.05, 0.1) is 6.10 Å². The number of ether oxygens (including phenoxy) is 1. The topological polar surface area (TPSA) is 58.6 Å². The first-order valence-electron chi connectivity index (χ1n) is 6.50. The van der Waals surface area contributed by atoms with Crippen molar-refractivity contribution in [1.29, 1.82) is 0 Å². The summed E-state index contributed by atoms with van der Waals surface area (Å²) in [6.45, 7) is 7.86. The zero-order chi connectivity index (χ0) is 13.3. The SMILES string of the molecule is CCCCCC[C@@H](O)CNC(=O)OC(C)(C)C. The van der Waals surface area contributed by atoms with E-state index in [0.29, 0.717) is 0 Å². The van der Waals surface area contributed by atoms with Gasteiger partial charge in [-0.3, -0.25) is 0 Å². The van der Waals surface area contributed by atoms with Crippen molar-refractivity contribution in [2.45, 2.75) is 71.5 Å². The Bertz CT molecular complexity index is 211. The molecule has 4 heteroatoms. The zero-order valence-corrected chi connectivity index (χ0v) is 11.6. The Morgan fingerprint density at radius 1 is 1.29 bits per heavy atom. The largest absolute Gasteiger partial charge is 0.444 e. The highest BCUT2D eigenvalue weighted by atomic mass is 16.6. The van der Waals surface area contributed by atoms with Crippen LogP contribution in [0.1, 0.15) is 59.8 Å². The lowest BCUT2D eigenvalue weighted by Gasteiger charge is -2.20. The van der Waals surface area contributed by atoms with Crippen molar-refractivity contribution >= 4 is 6.09 Å². The molecule has 0 aromatic rings. The maximum atomic E-state index is 11.3. The fraction of sp³-hybridized carbons (Fsp3) is 0.923. The number of carbonyl (C=O) groups excluding carboxylic acids is 1. The first-order chi connectivity index (χ1) is 7.85. The molecule has 0 aromatic heterocycles. The summed E-state index contributed by atoms with van der Waals surface area (Å²) in [6, 6.07) is 0. The van der Waals surface area contributed by atoms with Crippen LogP contribution in [-0.4, -0.2) is 29.4 Å².